The molecular weight excluding hydrogens is 200 g/mol. The first-order chi connectivity index (χ1) is 7.61. The molecule has 84 valence electrons. The smallest absolute Gasteiger partial charge is 0.137 e. The largest absolute Gasteiger partial charge is 0.390 e. The van der Waals surface area contributed by atoms with Crippen LogP contribution in [0.1, 0.15) is 22.4 Å². The number of aryl methyl sites for hydroxylation is 3. The fourth-order valence-corrected chi connectivity index (χ4v) is 1.79. The second-order valence-corrected chi connectivity index (χ2v) is 4.17. The summed E-state index contributed by atoms with van der Waals surface area (Å²) in [6, 6.07) is 4.29. The first-order valence-corrected chi connectivity index (χ1v) is 5.34. The van der Waals surface area contributed by atoms with E-state index in [0.717, 1.165) is 17.1 Å². The average molecular weight is 216 g/mol. The summed E-state index contributed by atoms with van der Waals surface area (Å²) < 4.78 is 0. The normalized spacial score (nSPS) is 10.8. The van der Waals surface area contributed by atoms with E-state index in [1.165, 1.54) is 16.7 Å². The average Bonchev–Trinajstić information content (AvgIpc) is 2.71. The van der Waals surface area contributed by atoms with Gasteiger partial charge < -0.3 is 10.1 Å². The van der Waals surface area contributed by atoms with Crippen LogP contribution < -0.4 is 0 Å². The summed E-state index contributed by atoms with van der Waals surface area (Å²) in [4.78, 5) is 7.38. The molecule has 3 heteroatoms. The summed E-state index contributed by atoms with van der Waals surface area (Å²) in [5, 5.41) is 8.99. The van der Waals surface area contributed by atoms with Gasteiger partial charge in [-0.05, 0) is 43.5 Å². The van der Waals surface area contributed by atoms with E-state index in [1.807, 2.05) is 0 Å². The van der Waals surface area contributed by atoms with Gasteiger partial charge in [-0.25, -0.2) is 4.98 Å². The molecule has 16 heavy (non-hydrogen) atoms. The van der Waals surface area contributed by atoms with Crippen molar-refractivity contribution in [1.29, 1.82) is 0 Å². The minimum Gasteiger partial charge on any atom is -0.390 e. The number of aromatic nitrogens is 2. The first kappa shape index (κ1) is 10.9. The Bertz CT molecular complexity index is 515. The van der Waals surface area contributed by atoms with E-state index in [4.69, 9.17) is 5.11 Å². The molecule has 0 spiro atoms. The van der Waals surface area contributed by atoms with Gasteiger partial charge in [0.1, 0.15) is 5.82 Å². The van der Waals surface area contributed by atoms with Crippen LogP contribution in [0.2, 0.25) is 0 Å². The maximum atomic E-state index is 8.99. The standard InChI is InChI=1S/C13H16N2O/c1-8-4-10(3)12(5-9(8)2)13-14-6-11(7-16)15-13/h4-6,16H,7H2,1-3H3,(H,14,15). The van der Waals surface area contributed by atoms with Gasteiger partial charge in [-0.1, -0.05) is 6.07 Å². The molecular formula is C13H16N2O. The number of nitrogens with one attached hydrogen (secondary N) is 1. The van der Waals surface area contributed by atoms with E-state index >= 15 is 0 Å². The van der Waals surface area contributed by atoms with Crippen molar-refractivity contribution < 1.29 is 5.11 Å². The van der Waals surface area contributed by atoms with Crippen LogP contribution in [-0.4, -0.2) is 15.1 Å². The molecule has 0 radical (unpaired) electrons. The summed E-state index contributed by atoms with van der Waals surface area (Å²) >= 11 is 0. The van der Waals surface area contributed by atoms with Gasteiger partial charge in [-0.2, -0.15) is 0 Å². The molecule has 0 aliphatic carbocycles. The number of aliphatic hydroxyl groups is 1. The van der Waals surface area contributed by atoms with E-state index in [1.54, 1.807) is 6.20 Å². The second-order valence-electron chi connectivity index (χ2n) is 4.17. The Morgan fingerprint density at radius 2 is 1.81 bits per heavy atom. The van der Waals surface area contributed by atoms with E-state index in [9.17, 15) is 0 Å². The van der Waals surface area contributed by atoms with Gasteiger partial charge in [-0.3, -0.25) is 0 Å². The van der Waals surface area contributed by atoms with E-state index < -0.39 is 0 Å². The Morgan fingerprint density at radius 1 is 1.12 bits per heavy atom. The lowest BCUT2D eigenvalue weighted by molar-refractivity contribution is 0.277. The molecule has 2 aromatic rings. The summed E-state index contributed by atoms with van der Waals surface area (Å²) in [5.74, 6) is 0.824. The predicted octanol–water partition coefficient (Wildman–Crippen LogP) is 2.49. The Labute approximate surface area is 95.2 Å². The number of aliphatic hydroxyl groups excluding tert-OH is 1. The van der Waals surface area contributed by atoms with Crippen LogP contribution in [-0.2, 0) is 6.61 Å². The second kappa shape index (κ2) is 4.10. The molecule has 0 amide bonds. The molecule has 2 N–H and O–H groups in total. The van der Waals surface area contributed by atoms with Crippen LogP contribution in [0.3, 0.4) is 0 Å². The number of H-pyrrole nitrogens is 1. The summed E-state index contributed by atoms with van der Waals surface area (Å²) in [5.41, 5.74) is 5.58. The lowest BCUT2D eigenvalue weighted by atomic mass is 10.0. The van der Waals surface area contributed by atoms with Gasteiger partial charge in [0.15, 0.2) is 0 Å². The number of hydrogen-bond acceptors (Lipinski definition) is 2. The topological polar surface area (TPSA) is 48.9 Å². The quantitative estimate of drug-likeness (QED) is 0.810. The third kappa shape index (κ3) is 1.86. The van der Waals surface area contributed by atoms with Crippen molar-refractivity contribution in [1.82, 2.24) is 9.97 Å². The molecule has 0 atom stereocenters. The third-order valence-electron chi connectivity index (χ3n) is 2.89. The molecule has 0 bridgehead atoms. The number of aromatic amines is 1. The molecule has 1 heterocycles. The van der Waals surface area contributed by atoms with Crippen molar-refractivity contribution in [3.63, 3.8) is 0 Å². The summed E-state index contributed by atoms with van der Waals surface area (Å²) in [6.07, 6.45) is 1.67. The molecule has 0 saturated heterocycles. The van der Waals surface area contributed by atoms with Crippen LogP contribution in [0, 0.1) is 20.8 Å². The van der Waals surface area contributed by atoms with Gasteiger partial charge in [0.2, 0.25) is 0 Å². The van der Waals surface area contributed by atoms with Gasteiger partial charge in [0.05, 0.1) is 18.5 Å². The minimum absolute atomic E-state index is 0.00308. The van der Waals surface area contributed by atoms with Gasteiger partial charge in [-0.15, -0.1) is 0 Å². The molecule has 0 aliphatic heterocycles. The molecule has 0 aliphatic rings. The maximum absolute atomic E-state index is 8.99. The summed E-state index contributed by atoms with van der Waals surface area (Å²) in [7, 11) is 0. The number of benzene rings is 1. The molecule has 2 rings (SSSR count). The van der Waals surface area contributed by atoms with Gasteiger partial charge in [0, 0.05) is 5.56 Å². The predicted molar refractivity (Wildman–Crippen MR) is 64.2 cm³/mol. The Hall–Kier alpha value is -1.61. The lowest BCUT2D eigenvalue weighted by Gasteiger charge is -2.07. The molecule has 3 nitrogen and oxygen atoms in total. The fourth-order valence-electron chi connectivity index (χ4n) is 1.79. The van der Waals surface area contributed by atoms with Crippen molar-refractivity contribution in [2.24, 2.45) is 0 Å². The van der Waals surface area contributed by atoms with Crippen molar-refractivity contribution in [2.75, 3.05) is 0 Å². The van der Waals surface area contributed by atoms with E-state index in [-0.39, 0.29) is 6.61 Å². The number of nitrogens with zero attached hydrogens (tertiary/aromatic N) is 1. The molecule has 0 fully saturated rings. The summed E-state index contributed by atoms with van der Waals surface area (Å²) in [6.45, 7) is 6.27. The molecule has 1 aromatic heterocycles. The Balaban J connectivity index is 2.51. The first-order valence-electron chi connectivity index (χ1n) is 5.34. The van der Waals surface area contributed by atoms with Crippen molar-refractivity contribution in [2.45, 2.75) is 27.4 Å². The fraction of sp³-hybridized carbons (Fsp3) is 0.308. The van der Waals surface area contributed by atoms with Crippen molar-refractivity contribution in [3.05, 3.63) is 40.7 Å². The molecule has 0 saturated carbocycles. The molecule has 0 unspecified atom stereocenters. The SMILES string of the molecule is Cc1cc(C)c(-c2ncc(CO)[nH]2)cc1C. The number of imidazole rings is 1. The van der Waals surface area contributed by atoms with Crippen molar-refractivity contribution in [3.8, 4) is 11.4 Å². The number of hydrogen-bond donors (Lipinski definition) is 2. The van der Waals surface area contributed by atoms with Crippen LogP contribution in [0.5, 0.6) is 0 Å². The third-order valence-corrected chi connectivity index (χ3v) is 2.89. The highest BCUT2D eigenvalue weighted by atomic mass is 16.3. The van der Waals surface area contributed by atoms with Crippen LogP contribution in [0.25, 0.3) is 11.4 Å². The maximum Gasteiger partial charge on any atom is 0.137 e. The van der Waals surface area contributed by atoms with Gasteiger partial charge >= 0.3 is 0 Å². The highest BCUT2D eigenvalue weighted by molar-refractivity contribution is 5.62. The van der Waals surface area contributed by atoms with E-state index in [2.05, 4.69) is 42.9 Å². The Kier molecular flexibility index (Phi) is 2.79. The minimum atomic E-state index is -0.00308. The highest BCUT2D eigenvalue weighted by Gasteiger charge is 2.07. The zero-order chi connectivity index (χ0) is 11.7. The zero-order valence-corrected chi connectivity index (χ0v) is 9.83. The van der Waals surface area contributed by atoms with Crippen LogP contribution in [0.15, 0.2) is 18.3 Å². The van der Waals surface area contributed by atoms with Crippen LogP contribution in [0.4, 0.5) is 0 Å². The van der Waals surface area contributed by atoms with Crippen LogP contribution >= 0.6 is 0 Å². The van der Waals surface area contributed by atoms with Crippen molar-refractivity contribution >= 4 is 0 Å². The zero-order valence-electron chi connectivity index (χ0n) is 9.83. The highest BCUT2D eigenvalue weighted by Crippen LogP contribution is 2.23. The molecule has 1 aromatic carbocycles. The monoisotopic (exact) mass is 216 g/mol. The Morgan fingerprint density at radius 3 is 2.44 bits per heavy atom. The number of rotatable bonds is 2. The van der Waals surface area contributed by atoms with Gasteiger partial charge in [0.25, 0.3) is 0 Å². The van der Waals surface area contributed by atoms with E-state index in [0.29, 0.717) is 0 Å². The lowest BCUT2D eigenvalue weighted by Crippen LogP contribution is -1.90.